The molecule has 0 saturated carbocycles. The minimum atomic E-state index is -0.810. The van der Waals surface area contributed by atoms with Crippen LogP contribution in [0, 0.1) is 11.6 Å². The van der Waals surface area contributed by atoms with Crippen molar-refractivity contribution in [3.05, 3.63) is 35.4 Å². The van der Waals surface area contributed by atoms with Crippen molar-refractivity contribution in [2.45, 2.75) is 38.6 Å². The van der Waals surface area contributed by atoms with E-state index in [9.17, 15) is 8.78 Å². The summed E-state index contributed by atoms with van der Waals surface area (Å²) in [6.45, 7) is 5.85. The fourth-order valence-corrected chi connectivity index (χ4v) is 1.84. The number of hydrogen-bond acceptors (Lipinski definition) is 1. The van der Waals surface area contributed by atoms with Crippen LogP contribution < -0.4 is 5.73 Å². The Labute approximate surface area is 89.3 Å². The van der Waals surface area contributed by atoms with Crippen molar-refractivity contribution in [2.24, 2.45) is 5.73 Å². The Bertz CT molecular complexity index is 345. The van der Waals surface area contributed by atoms with Crippen molar-refractivity contribution < 1.29 is 8.78 Å². The number of rotatable bonds is 3. The molecule has 84 valence electrons. The minimum absolute atomic E-state index is 0.0353. The van der Waals surface area contributed by atoms with Crippen LogP contribution in [0.1, 0.15) is 32.8 Å². The van der Waals surface area contributed by atoms with Gasteiger partial charge in [0.25, 0.3) is 0 Å². The van der Waals surface area contributed by atoms with Gasteiger partial charge in [0.05, 0.1) is 0 Å². The van der Waals surface area contributed by atoms with E-state index in [0.29, 0.717) is 0 Å². The van der Waals surface area contributed by atoms with Crippen LogP contribution in [0.3, 0.4) is 0 Å². The Morgan fingerprint density at radius 3 is 2.33 bits per heavy atom. The second-order valence-corrected chi connectivity index (χ2v) is 4.69. The molecule has 0 fully saturated rings. The minimum Gasteiger partial charge on any atom is -0.328 e. The summed E-state index contributed by atoms with van der Waals surface area (Å²) in [6.07, 6.45) is 0.734. The molecule has 0 aromatic heterocycles. The van der Waals surface area contributed by atoms with E-state index < -0.39 is 11.6 Å². The summed E-state index contributed by atoms with van der Waals surface area (Å²) in [5.74, 6) is -1.61. The molecule has 0 spiro atoms. The zero-order valence-corrected chi connectivity index (χ0v) is 9.35. The zero-order chi connectivity index (χ0) is 11.6. The van der Waals surface area contributed by atoms with E-state index in [-0.39, 0.29) is 11.5 Å². The molecule has 1 unspecified atom stereocenters. The molecular formula is C12H17F2N. The molecule has 1 atom stereocenters. The fourth-order valence-electron chi connectivity index (χ4n) is 1.84. The van der Waals surface area contributed by atoms with Crippen LogP contribution in [-0.4, -0.2) is 6.04 Å². The van der Waals surface area contributed by atoms with Crippen LogP contribution in [0.4, 0.5) is 8.78 Å². The molecule has 1 aromatic carbocycles. The van der Waals surface area contributed by atoms with Gasteiger partial charge in [0, 0.05) is 6.04 Å². The van der Waals surface area contributed by atoms with E-state index in [0.717, 1.165) is 18.1 Å². The SMILES string of the molecule is CC(N)CC(C)(C)c1ccc(F)c(F)c1. The number of benzene rings is 1. The highest BCUT2D eigenvalue weighted by atomic mass is 19.2. The van der Waals surface area contributed by atoms with Crippen LogP contribution in [0.25, 0.3) is 0 Å². The molecule has 0 saturated heterocycles. The van der Waals surface area contributed by atoms with Crippen molar-refractivity contribution in [3.63, 3.8) is 0 Å². The van der Waals surface area contributed by atoms with Gasteiger partial charge in [0.2, 0.25) is 0 Å². The third-order valence-corrected chi connectivity index (χ3v) is 2.53. The van der Waals surface area contributed by atoms with Crippen molar-refractivity contribution in [2.75, 3.05) is 0 Å². The quantitative estimate of drug-likeness (QED) is 0.820. The van der Waals surface area contributed by atoms with Gasteiger partial charge < -0.3 is 5.73 Å². The van der Waals surface area contributed by atoms with E-state index in [1.54, 1.807) is 6.07 Å². The van der Waals surface area contributed by atoms with Gasteiger partial charge in [-0.1, -0.05) is 19.9 Å². The lowest BCUT2D eigenvalue weighted by atomic mass is 9.79. The third-order valence-electron chi connectivity index (χ3n) is 2.53. The molecule has 2 N–H and O–H groups in total. The summed E-state index contributed by atoms with van der Waals surface area (Å²) in [5, 5.41) is 0. The summed E-state index contributed by atoms with van der Waals surface area (Å²) < 4.78 is 25.8. The topological polar surface area (TPSA) is 26.0 Å². The monoisotopic (exact) mass is 213 g/mol. The van der Waals surface area contributed by atoms with Gasteiger partial charge in [0.15, 0.2) is 11.6 Å². The Kier molecular flexibility index (Phi) is 3.45. The highest BCUT2D eigenvalue weighted by Crippen LogP contribution is 2.28. The maximum Gasteiger partial charge on any atom is 0.159 e. The van der Waals surface area contributed by atoms with Gasteiger partial charge in [-0.3, -0.25) is 0 Å². The molecule has 0 aliphatic heterocycles. The molecule has 3 heteroatoms. The van der Waals surface area contributed by atoms with Crippen molar-refractivity contribution in [1.29, 1.82) is 0 Å². The average Bonchev–Trinajstić information content (AvgIpc) is 2.07. The van der Waals surface area contributed by atoms with Gasteiger partial charge in [0.1, 0.15) is 0 Å². The lowest BCUT2D eigenvalue weighted by Crippen LogP contribution is -2.28. The molecule has 15 heavy (non-hydrogen) atoms. The molecule has 0 aliphatic carbocycles. The highest BCUT2D eigenvalue weighted by Gasteiger charge is 2.23. The van der Waals surface area contributed by atoms with Crippen molar-refractivity contribution in [1.82, 2.24) is 0 Å². The predicted molar refractivity (Wildman–Crippen MR) is 57.7 cm³/mol. The van der Waals surface area contributed by atoms with E-state index >= 15 is 0 Å². The molecule has 1 aromatic rings. The third kappa shape index (κ3) is 2.99. The van der Waals surface area contributed by atoms with Crippen molar-refractivity contribution >= 4 is 0 Å². The van der Waals surface area contributed by atoms with Crippen LogP contribution in [0.2, 0.25) is 0 Å². The smallest absolute Gasteiger partial charge is 0.159 e. The standard InChI is InChI=1S/C12H17F2N/c1-8(15)7-12(2,3)9-4-5-10(13)11(14)6-9/h4-6,8H,7,15H2,1-3H3. The summed E-state index contributed by atoms with van der Waals surface area (Å²) in [5.41, 5.74) is 6.26. The van der Waals surface area contributed by atoms with Gasteiger partial charge in [-0.25, -0.2) is 8.78 Å². The Morgan fingerprint density at radius 2 is 1.87 bits per heavy atom. The number of nitrogens with two attached hydrogens (primary N) is 1. The highest BCUT2D eigenvalue weighted by molar-refractivity contribution is 5.25. The summed E-state index contributed by atoms with van der Waals surface area (Å²) >= 11 is 0. The molecule has 0 bridgehead atoms. The second kappa shape index (κ2) is 4.27. The normalized spacial score (nSPS) is 14.0. The average molecular weight is 213 g/mol. The first-order valence-corrected chi connectivity index (χ1v) is 5.04. The lowest BCUT2D eigenvalue weighted by molar-refractivity contribution is 0.430. The predicted octanol–water partition coefficient (Wildman–Crippen LogP) is 2.98. The zero-order valence-electron chi connectivity index (χ0n) is 9.35. The van der Waals surface area contributed by atoms with Crippen LogP contribution in [-0.2, 0) is 5.41 Å². The Balaban J connectivity index is 2.99. The van der Waals surface area contributed by atoms with Gasteiger partial charge in [-0.05, 0) is 36.5 Å². The first-order valence-electron chi connectivity index (χ1n) is 5.04. The van der Waals surface area contributed by atoms with E-state index in [1.807, 2.05) is 20.8 Å². The maximum atomic E-state index is 13.0. The van der Waals surface area contributed by atoms with E-state index in [1.165, 1.54) is 6.07 Å². The summed E-state index contributed by atoms with van der Waals surface area (Å²) in [7, 11) is 0. The first kappa shape index (κ1) is 12.1. The van der Waals surface area contributed by atoms with Crippen LogP contribution >= 0.6 is 0 Å². The largest absolute Gasteiger partial charge is 0.328 e. The van der Waals surface area contributed by atoms with Crippen LogP contribution in [0.15, 0.2) is 18.2 Å². The molecule has 1 rings (SSSR count). The molecule has 0 heterocycles. The molecular weight excluding hydrogens is 196 g/mol. The Hall–Kier alpha value is -0.960. The Morgan fingerprint density at radius 1 is 1.27 bits per heavy atom. The van der Waals surface area contributed by atoms with E-state index in [2.05, 4.69) is 0 Å². The summed E-state index contributed by atoms with van der Waals surface area (Å²) in [4.78, 5) is 0. The second-order valence-electron chi connectivity index (χ2n) is 4.69. The van der Waals surface area contributed by atoms with Gasteiger partial charge >= 0.3 is 0 Å². The maximum absolute atomic E-state index is 13.0. The van der Waals surface area contributed by atoms with Gasteiger partial charge in [-0.15, -0.1) is 0 Å². The first-order chi connectivity index (χ1) is 6.83. The van der Waals surface area contributed by atoms with Gasteiger partial charge in [-0.2, -0.15) is 0 Å². The summed E-state index contributed by atoms with van der Waals surface area (Å²) in [6, 6.07) is 4.06. The molecule has 1 nitrogen and oxygen atoms in total. The molecule has 0 aliphatic rings. The lowest BCUT2D eigenvalue weighted by Gasteiger charge is -2.27. The number of hydrogen-bond donors (Lipinski definition) is 1. The number of halogens is 2. The molecule has 0 radical (unpaired) electrons. The molecule has 0 amide bonds. The van der Waals surface area contributed by atoms with Crippen LogP contribution in [0.5, 0.6) is 0 Å². The fraction of sp³-hybridized carbons (Fsp3) is 0.500. The van der Waals surface area contributed by atoms with E-state index in [4.69, 9.17) is 5.73 Å². The van der Waals surface area contributed by atoms with Crippen molar-refractivity contribution in [3.8, 4) is 0 Å².